The van der Waals surface area contributed by atoms with Crippen molar-refractivity contribution < 1.29 is 8.78 Å². The summed E-state index contributed by atoms with van der Waals surface area (Å²) in [5.74, 6) is -0.648. The predicted molar refractivity (Wildman–Crippen MR) is 66.9 cm³/mol. The Morgan fingerprint density at radius 1 is 1.12 bits per heavy atom. The van der Waals surface area contributed by atoms with E-state index in [4.69, 9.17) is 5.73 Å². The average molecular weight is 241 g/mol. The summed E-state index contributed by atoms with van der Waals surface area (Å²) in [6.07, 6.45) is 2.25. The van der Waals surface area contributed by atoms with Gasteiger partial charge in [-0.15, -0.1) is 0 Å². The largest absolute Gasteiger partial charge is 0.330 e. The van der Waals surface area contributed by atoms with Crippen LogP contribution in [-0.2, 0) is 6.42 Å². The molecule has 0 saturated heterocycles. The number of halogens is 2. The summed E-state index contributed by atoms with van der Waals surface area (Å²) in [6, 6.07) is 2.57. The maximum Gasteiger partial charge on any atom is 0.126 e. The van der Waals surface area contributed by atoms with Gasteiger partial charge in [-0.2, -0.15) is 0 Å². The van der Waals surface area contributed by atoms with Crippen molar-refractivity contribution in [3.05, 3.63) is 34.9 Å². The van der Waals surface area contributed by atoms with Crippen LogP contribution in [0.4, 0.5) is 8.78 Å². The molecule has 0 spiro atoms. The van der Waals surface area contributed by atoms with Crippen molar-refractivity contribution in [1.82, 2.24) is 0 Å². The van der Waals surface area contributed by atoms with Gasteiger partial charge in [-0.25, -0.2) is 8.78 Å². The first-order valence-electron chi connectivity index (χ1n) is 6.00. The van der Waals surface area contributed by atoms with Gasteiger partial charge >= 0.3 is 0 Å². The number of nitrogens with two attached hydrogens (primary N) is 1. The number of hydrogen-bond donors (Lipinski definition) is 1. The highest BCUT2D eigenvalue weighted by atomic mass is 19.1. The molecule has 0 aromatic heterocycles. The molecule has 1 aromatic rings. The molecule has 0 aliphatic heterocycles. The molecule has 2 N–H and O–H groups in total. The van der Waals surface area contributed by atoms with Crippen LogP contribution >= 0.6 is 0 Å². The van der Waals surface area contributed by atoms with Gasteiger partial charge in [0, 0.05) is 0 Å². The minimum Gasteiger partial charge on any atom is -0.330 e. The zero-order valence-electron chi connectivity index (χ0n) is 10.8. The minimum atomic E-state index is -0.335. The van der Waals surface area contributed by atoms with Crippen molar-refractivity contribution in [3.8, 4) is 0 Å². The fourth-order valence-corrected chi connectivity index (χ4v) is 1.87. The molecular weight excluding hydrogens is 220 g/mol. The first kappa shape index (κ1) is 14.1. The Hall–Kier alpha value is -0.960. The number of rotatable bonds is 5. The van der Waals surface area contributed by atoms with Gasteiger partial charge in [-0.3, -0.25) is 0 Å². The summed E-state index contributed by atoms with van der Waals surface area (Å²) in [7, 11) is 0. The lowest BCUT2D eigenvalue weighted by Crippen LogP contribution is -2.18. The molecule has 0 amide bonds. The molecule has 0 bridgehead atoms. The monoisotopic (exact) mass is 241 g/mol. The summed E-state index contributed by atoms with van der Waals surface area (Å²) in [5.41, 5.74) is 6.41. The van der Waals surface area contributed by atoms with E-state index in [2.05, 4.69) is 13.8 Å². The van der Waals surface area contributed by atoms with Crippen LogP contribution in [0.25, 0.3) is 0 Å². The van der Waals surface area contributed by atoms with E-state index < -0.39 is 0 Å². The van der Waals surface area contributed by atoms with Crippen LogP contribution in [0.5, 0.6) is 0 Å². The molecule has 0 unspecified atom stereocenters. The Labute approximate surface area is 102 Å². The lowest BCUT2D eigenvalue weighted by Gasteiger charge is -2.23. The molecule has 17 heavy (non-hydrogen) atoms. The Kier molecular flexibility index (Phi) is 4.63. The molecule has 0 radical (unpaired) electrons. The van der Waals surface area contributed by atoms with Crippen LogP contribution < -0.4 is 5.73 Å². The van der Waals surface area contributed by atoms with Crippen molar-refractivity contribution >= 4 is 0 Å². The van der Waals surface area contributed by atoms with E-state index in [-0.39, 0.29) is 17.0 Å². The van der Waals surface area contributed by atoms with Gasteiger partial charge in [0.15, 0.2) is 0 Å². The second kappa shape index (κ2) is 5.58. The standard InChI is InChI=1S/C14H21F2N/c1-10-8-13(16)11(9-12(10)15)4-5-14(2,3)6-7-17/h8-9H,4-7,17H2,1-3H3. The Morgan fingerprint density at radius 2 is 1.76 bits per heavy atom. The molecular formula is C14H21F2N. The molecule has 0 fully saturated rings. The second-order valence-electron chi connectivity index (χ2n) is 5.40. The van der Waals surface area contributed by atoms with Crippen molar-refractivity contribution in [2.24, 2.45) is 11.1 Å². The third kappa shape index (κ3) is 4.08. The average Bonchev–Trinajstić information content (AvgIpc) is 2.21. The topological polar surface area (TPSA) is 26.0 Å². The van der Waals surface area contributed by atoms with E-state index in [0.29, 0.717) is 24.1 Å². The van der Waals surface area contributed by atoms with Crippen LogP contribution in [0.15, 0.2) is 12.1 Å². The molecule has 3 heteroatoms. The summed E-state index contributed by atoms with van der Waals surface area (Å²) < 4.78 is 26.9. The molecule has 96 valence electrons. The Bertz CT molecular complexity index is 386. The molecule has 0 saturated carbocycles. The maximum absolute atomic E-state index is 13.6. The van der Waals surface area contributed by atoms with E-state index in [1.807, 2.05) is 0 Å². The fourth-order valence-electron chi connectivity index (χ4n) is 1.87. The van der Waals surface area contributed by atoms with Gasteiger partial charge in [0.25, 0.3) is 0 Å². The molecule has 0 heterocycles. The van der Waals surface area contributed by atoms with Gasteiger partial charge in [-0.1, -0.05) is 13.8 Å². The van der Waals surface area contributed by atoms with Gasteiger partial charge in [0.1, 0.15) is 11.6 Å². The highest BCUT2D eigenvalue weighted by Crippen LogP contribution is 2.27. The number of hydrogen-bond acceptors (Lipinski definition) is 1. The summed E-state index contributed by atoms with van der Waals surface area (Å²) in [4.78, 5) is 0. The molecule has 0 aliphatic rings. The first-order chi connectivity index (χ1) is 7.85. The van der Waals surface area contributed by atoms with E-state index in [1.54, 1.807) is 6.92 Å². The van der Waals surface area contributed by atoms with Gasteiger partial charge in [-0.05, 0) is 61.4 Å². The zero-order valence-corrected chi connectivity index (χ0v) is 10.8. The Morgan fingerprint density at radius 3 is 2.35 bits per heavy atom. The third-order valence-corrected chi connectivity index (χ3v) is 3.22. The SMILES string of the molecule is Cc1cc(F)c(CCC(C)(C)CCN)cc1F. The molecule has 1 rings (SSSR count). The molecule has 0 atom stereocenters. The number of benzene rings is 1. The van der Waals surface area contributed by atoms with Crippen molar-refractivity contribution in [1.29, 1.82) is 0 Å². The van der Waals surface area contributed by atoms with Crippen LogP contribution in [0, 0.1) is 24.0 Å². The van der Waals surface area contributed by atoms with Crippen LogP contribution in [0.3, 0.4) is 0 Å². The van der Waals surface area contributed by atoms with Crippen LogP contribution in [0.1, 0.15) is 37.8 Å². The predicted octanol–water partition coefficient (Wildman–Crippen LogP) is 3.58. The van der Waals surface area contributed by atoms with Crippen LogP contribution in [0.2, 0.25) is 0 Å². The molecule has 1 aromatic carbocycles. The number of aryl methyl sites for hydroxylation is 2. The molecule has 0 aliphatic carbocycles. The van der Waals surface area contributed by atoms with Gasteiger partial charge in [0.2, 0.25) is 0 Å². The lowest BCUT2D eigenvalue weighted by molar-refractivity contribution is 0.311. The fraction of sp³-hybridized carbons (Fsp3) is 0.571. The van der Waals surface area contributed by atoms with Crippen molar-refractivity contribution in [2.75, 3.05) is 6.54 Å². The molecule has 1 nitrogen and oxygen atoms in total. The Balaban J connectivity index is 2.73. The second-order valence-corrected chi connectivity index (χ2v) is 5.40. The van der Waals surface area contributed by atoms with E-state index in [9.17, 15) is 8.78 Å². The van der Waals surface area contributed by atoms with Crippen LogP contribution in [-0.4, -0.2) is 6.54 Å². The van der Waals surface area contributed by atoms with E-state index >= 15 is 0 Å². The van der Waals surface area contributed by atoms with E-state index in [0.717, 1.165) is 12.8 Å². The summed E-state index contributed by atoms with van der Waals surface area (Å²) in [6.45, 7) is 6.39. The smallest absolute Gasteiger partial charge is 0.126 e. The van der Waals surface area contributed by atoms with E-state index in [1.165, 1.54) is 12.1 Å². The van der Waals surface area contributed by atoms with Gasteiger partial charge in [0.05, 0.1) is 0 Å². The lowest BCUT2D eigenvalue weighted by atomic mass is 9.83. The third-order valence-electron chi connectivity index (χ3n) is 3.22. The quantitative estimate of drug-likeness (QED) is 0.837. The van der Waals surface area contributed by atoms with Crippen molar-refractivity contribution in [3.63, 3.8) is 0 Å². The van der Waals surface area contributed by atoms with Gasteiger partial charge < -0.3 is 5.73 Å². The highest BCUT2D eigenvalue weighted by molar-refractivity contribution is 5.25. The highest BCUT2D eigenvalue weighted by Gasteiger charge is 2.18. The minimum absolute atomic E-state index is 0.0720. The summed E-state index contributed by atoms with van der Waals surface area (Å²) in [5, 5.41) is 0. The van der Waals surface area contributed by atoms with Crippen molar-refractivity contribution in [2.45, 2.75) is 40.0 Å². The first-order valence-corrected chi connectivity index (χ1v) is 6.00. The normalized spacial score (nSPS) is 11.9. The maximum atomic E-state index is 13.6. The summed E-state index contributed by atoms with van der Waals surface area (Å²) >= 11 is 0. The zero-order chi connectivity index (χ0) is 13.1.